The molecule has 0 aliphatic heterocycles. The molecule has 0 heterocycles. The monoisotopic (exact) mass is 396 g/mol. The molecule has 0 atom stereocenters. The van der Waals surface area contributed by atoms with Crippen LogP contribution in [0.4, 0.5) is 0 Å². The summed E-state index contributed by atoms with van der Waals surface area (Å²) < 4.78 is 4.98. The number of rotatable bonds is 8. The second-order valence-corrected chi connectivity index (χ2v) is 7.06. The van der Waals surface area contributed by atoms with Gasteiger partial charge in [-0.1, -0.05) is 37.3 Å². The first kappa shape index (κ1) is 22.1. The Bertz CT molecular complexity index is 875. The highest BCUT2D eigenvalue weighted by molar-refractivity contribution is 5.96. The molecule has 2 amide bonds. The number of hydrogen-bond donors (Lipinski definition) is 1. The first-order chi connectivity index (χ1) is 13.8. The van der Waals surface area contributed by atoms with Gasteiger partial charge in [-0.3, -0.25) is 14.4 Å². The van der Waals surface area contributed by atoms with E-state index in [-0.39, 0.29) is 25.0 Å². The molecule has 0 saturated heterocycles. The standard InChI is InChI=1S/C23H28N2O4/c1-5-18-7-9-19(10-8-18)14-25(4)21(26)15-29-22(27)13-24-23(28)20-11-6-16(2)17(3)12-20/h6-12H,5,13-15H2,1-4H3,(H,24,28). The molecule has 2 rings (SSSR count). The average molecular weight is 396 g/mol. The van der Waals surface area contributed by atoms with Crippen LogP contribution in [0.25, 0.3) is 0 Å². The van der Waals surface area contributed by atoms with Gasteiger partial charge in [0.1, 0.15) is 6.54 Å². The summed E-state index contributed by atoms with van der Waals surface area (Å²) in [5.41, 5.74) is 4.80. The number of nitrogens with zero attached hydrogens (tertiary/aromatic N) is 1. The molecular weight excluding hydrogens is 368 g/mol. The summed E-state index contributed by atoms with van der Waals surface area (Å²) >= 11 is 0. The van der Waals surface area contributed by atoms with E-state index in [1.165, 1.54) is 10.5 Å². The minimum absolute atomic E-state index is 0.290. The van der Waals surface area contributed by atoms with Crippen LogP contribution in [0.3, 0.4) is 0 Å². The van der Waals surface area contributed by atoms with E-state index < -0.39 is 5.97 Å². The number of carbonyl (C=O) groups excluding carboxylic acids is 3. The fourth-order valence-electron chi connectivity index (χ4n) is 2.68. The van der Waals surface area contributed by atoms with Crippen molar-refractivity contribution >= 4 is 17.8 Å². The van der Waals surface area contributed by atoms with Crippen LogP contribution in [-0.4, -0.2) is 42.9 Å². The van der Waals surface area contributed by atoms with Crippen molar-refractivity contribution < 1.29 is 19.1 Å². The highest BCUT2D eigenvalue weighted by Crippen LogP contribution is 2.10. The zero-order valence-corrected chi connectivity index (χ0v) is 17.5. The molecule has 0 saturated carbocycles. The van der Waals surface area contributed by atoms with Crippen molar-refractivity contribution in [3.05, 3.63) is 70.3 Å². The molecule has 0 radical (unpaired) electrons. The van der Waals surface area contributed by atoms with Gasteiger partial charge in [0.15, 0.2) is 6.61 Å². The van der Waals surface area contributed by atoms with Gasteiger partial charge in [0.25, 0.3) is 11.8 Å². The SMILES string of the molecule is CCc1ccc(CN(C)C(=O)COC(=O)CNC(=O)c2ccc(C)c(C)c2)cc1. The first-order valence-electron chi connectivity index (χ1n) is 9.63. The molecule has 0 aliphatic rings. The van der Waals surface area contributed by atoms with E-state index in [9.17, 15) is 14.4 Å². The van der Waals surface area contributed by atoms with Crippen LogP contribution in [0.15, 0.2) is 42.5 Å². The minimum atomic E-state index is -0.656. The largest absolute Gasteiger partial charge is 0.454 e. The summed E-state index contributed by atoms with van der Waals surface area (Å²) in [4.78, 5) is 37.6. The number of carbonyl (C=O) groups is 3. The fraction of sp³-hybridized carbons (Fsp3) is 0.348. The van der Waals surface area contributed by atoms with Gasteiger partial charge in [-0.2, -0.15) is 0 Å². The Morgan fingerprint density at radius 3 is 2.24 bits per heavy atom. The lowest BCUT2D eigenvalue weighted by Crippen LogP contribution is -2.34. The molecule has 0 spiro atoms. The van der Waals surface area contributed by atoms with Crippen LogP contribution in [0.1, 0.15) is 39.5 Å². The van der Waals surface area contributed by atoms with Crippen molar-refractivity contribution in [2.24, 2.45) is 0 Å². The van der Waals surface area contributed by atoms with Gasteiger partial charge in [0.2, 0.25) is 0 Å². The summed E-state index contributed by atoms with van der Waals surface area (Å²) in [6.45, 7) is 5.75. The number of esters is 1. The van der Waals surface area contributed by atoms with Gasteiger partial charge in [-0.25, -0.2) is 0 Å². The summed E-state index contributed by atoms with van der Waals surface area (Å²) in [5, 5.41) is 2.51. The lowest BCUT2D eigenvalue weighted by Gasteiger charge is -2.17. The van der Waals surface area contributed by atoms with E-state index >= 15 is 0 Å². The molecule has 154 valence electrons. The fourth-order valence-corrected chi connectivity index (χ4v) is 2.68. The third kappa shape index (κ3) is 6.75. The summed E-state index contributed by atoms with van der Waals surface area (Å²) in [6.07, 6.45) is 0.963. The average Bonchev–Trinajstić information content (AvgIpc) is 2.72. The predicted octanol–water partition coefficient (Wildman–Crippen LogP) is 2.80. The molecule has 0 fully saturated rings. The molecule has 0 aromatic heterocycles. The van der Waals surface area contributed by atoms with Crippen LogP contribution < -0.4 is 5.32 Å². The van der Waals surface area contributed by atoms with E-state index in [4.69, 9.17) is 4.74 Å². The Kier molecular flexibility index (Phi) is 7.95. The van der Waals surface area contributed by atoms with Crippen LogP contribution in [0, 0.1) is 13.8 Å². The second-order valence-electron chi connectivity index (χ2n) is 7.06. The van der Waals surface area contributed by atoms with E-state index in [0.717, 1.165) is 23.1 Å². The zero-order valence-electron chi connectivity index (χ0n) is 17.5. The number of likely N-dealkylation sites (N-methyl/N-ethyl adjacent to an activating group) is 1. The molecule has 1 N–H and O–H groups in total. The Morgan fingerprint density at radius 1 is 0.966 bits per heavy atom. The summed E-state index contributed by atoms with van der Waals surface area (Å²) in [5.74, 6) is -1.32. The molecule has 2 aromatic rings. The first-order valence-corrected chi connectivity index (χ1v) is 9.63. The lowest BCUT2D eigenvalue weighted by molar-refractivity contribution is -0.150. The number of aryl methyl sites for hydroxylation is 3. The number of nitrogens with one attached hydrogen (secondary N) is 1. The van der Waals surface area contributed by atoms with Crippen LogP contribution in [0.5, 0.6) is 0 Å². The minimum Gasteiger partial charge on any atom is -0.454 e. The Labute approximate surface area is 171 Å². The van der Waals surface area contributed by atoms with Crippen molar-refractivity contribution in [3.63, 3.8) is 0 Å². The third-order valence-corrected chi connectivity index (χ3v) is 4.80. The van der Waals surface area contributed by atoms with Crippen molar-refractivity contribution in [1.29, 1.82) is 0 Å². The van der Waals surface area contributed by atoms with Gasteiger partial charge in [0.05, 0.1) is 0 Å². The van der Waals surface area contributed by atoms with E-state index in [1.54, 1.807) is 19.2 Å². The van der Waals surface area contributed by atoms with Crippen LogP contribution in [0.2, 0.25) is 0 Å². The number of hydrogen-bond acceptors (Lipinski definition) is 4. The maximum atomic E-state index is 12.2. The molecule has 2 aromatic carbocycles. The van der Waals surface area contributed by atoms with Gasteiger partial charge < -0.3 is 15.0 Å². The maximum Gasteiger partial charge on any atom is 0.325 e. The van der Waals surface area contributed by atoms with E-state index in [1.807, 2.05) is 44.2 Å². The number of amides is 2. The Morgan fingerprint density at radius 2 is 1.62 bits per heavy atom. The zero-order chi connectivity index (χ0) is 21.4. The normalized spacial score (nSPS) is 10.3. The van der Waals surface area contributed by atoms with Crippen molar-refractivity contribution in [1.82, 2.24) is 10.2 Å². The maximum absolute atomic E-state index is 12.2. The molecule has 0 aliphatic carbocycles. The van der Waals surface area contributed by atoms with Crippen LogP contribution in [-0.2, 0) is 27.3 Å². The Balaban J connectivity index is 1.74. The molecule has 0 unspecified atom stereocenters. The highest BCUT2D eigenvalue weighted by atomic mass is 16.5. The molecule has 29 heavy (non-hydrogen) atoms. The van der Waals surface area contributed by atoms with Gasteiger partial charge >= 0.3 is 5.97 Å². The predicted molar refractivity (Wildman–Crippen MR) is 112 cm³/mol. The quantitative estimate of drug-likeness (QED) is 0.696. The molecule has 6 nitrogen and oxygen atoms in total. The smallest absolute Gasteiger partial charge is 0.325 e. The highest BCUT2D eigenvalue weighted by Gasteiger charge is 2.14. The molecular formula is C23H28N2O4. The van der Waals surface area contributed by atoms with Gasteiger partial charge in [-0.05, 0) is 54.7 Å². The van der Waals surface area contributed by atoms with E-state index in [2.05, 4.69) is 12.2 Å². The van der Waals surface area contributed by atoms with Gasteiger partial charge in [-0.15, -0.1) is 0 Å². The number of benzene rings is 2. The second kappa shape index (κ2) is 10.4. The van der Waals surface area contributed by atoms with Crippen molar-refractivity contribution in [2.75, 3.05) is 20.2 Å². The summed E-state index contributed by atoms with van der Waals surface area (Å²) in [7, 11) is 1.66. The van der Waals surface area contributed by atoms with Crippen LogP contribution >= 0.6 is 0 Å². The Hall–Kier alpha value is -3.15. The molecule has 6 heteroatoms. The lowest BCUT2D eigenvalue weighted by atomic mass is 10.1. The molecule has 0 bridgehead atoms. The summed E-state index contributed by atoms with van der Waals surface area (Å²) in [6, 6.07) is 13.4. The number of ether oxygens (including phenoxy) is 1. The van der Waals surface area contributed by atoms with E-state index in [0.29, 0.717) is 12.1 Å². The third-order valence-electron chi connectivity index (χ3n) is 4.80. The van der Waals surface area contributed by atoms with Crippen molar-refractivity contribution in [3.8, 4) is 0 Å². The van der Waals surface area contributed by atoms with Crippen molar-refractivity contribution in [2.45, 2.75) is 33.7 Å². The topological polar surface area (TPSA) is 75.7 Å². The van der Waals surface area contributed by atoms with Gasteiger partial charge in [0, 0.05) is 19.2 Å².